The van der Waals surface area contributed by atoms with Crippen molar-refractivity contribution in [2.24, 2.45) is 5.92 Å². The number of hydrogen-bond donors (Lipinski definition) is 2. The van der Waals surface area contributed by atoms with E-state index >= 15 is 0 Å². The van der Waals surface area contributed by atoms with E-state index in [4.69, 9.17) is 0 Å². The summed E-state index contributed by atoms with van der Waals surface area (Å²) in [7, 11) is 0. The number of nitrogens with one attached hydrogen (secondary N) is 1. The van der Waals surface area contributed by atoms with Gasteiger partial charge in [0.2, 0.25) is 0 Å². The number of carbonyl (C=O) groups is 1. The molecule has 1 aliphatic carbocycles. The molecule has 20 heavy (non-hydrogen) atoms. The molecule has 0 radical (unpaired) electrons. The number of amides is 1. The number of halogens is 1. The average molecular weight is 340 g/mol. The molecule has 0 heterocycles. The highest BCUT2D eigenvalue weighted by molar-refractivity contribution is 9.09. The Labute approximate surface area is 128 Å². The SMILES string of the molecule is Cc1cc(C(=O)NC2(CBr)CCC(C)CC2)ccc1O. The van der Waals surface area contributed by atoms with Gasteiger partial charge in [-0.3, -0.25) is 4.79 Å². The molecule has 0 spiro atoms. The fourth-order valence-corrected chi connectivity index (χ4v) is 3.42. The summed E-state index contributed by atoms with van der Waals surface area (Å²) in [5, 5.41) is 13.5. The van der Waals surface area contributed by atoms with Crippen LogP contribution in [0.2, 0.25) is 0 Å². The van der Waals surface area contributed by atoms with Gasteiger partial charge in [-0.2, -0.15) is 0 Å². The molecule has 0 aliphatic heterocycles. The van der Waals surface area contributed by atoms with Crippen LogP contribution in [0, 0.1) is 12.8 Å². The second kappa shape index (κ2) is 6.17. The van der Waals surface area contributed by atoms with Gasteiger partial charge in [0.15, 0.2) is 0 Å². The zero-order valence-corrected chi connectivity index (χ0v) is 13.7. The topological polar surface area (TPSA) is 49.3 Å². The van der Waals surface area contributed by atoms with Crippen LogP contribution in [-0.4, -0.2) is 21.9 Å². The number of rotatable bonds is 3. The summed E-state index contributed by atoms with van der Waals surface area (Å²) in [6, 6.07) is 4.98. The summed E-state index contributed by atoms with van der Waals surface area (Å²) in [6.45, 7) is 4.07. The maximum absolute atomic E-state index is 12.4. The van der Waals surface area contributed by atoms with Crippen molar-refractivity contribution in [3.8, 4) is 5.75 Å². The van der Waals surface area contributed by atoms with Crippen molar-refractivity contribution in [2.45, 2.75) is 45.1 Å². The normalized spacial score (nSPS) is 26.2. The number of carbonyl (C=O) groups excluding carboxylic acids is 1. The second-order valence-corrected chi connectivity index (χ2v) is 6.61. The highest BCUT2D eigenvalue weighted by Gasteiger charge is 2.34. The van der Waals surface area contributed by atoms with Gasteiger partial charge in [0, 0.05) is 10.9 Å². The van der Waals surface area contributed by atoms with Crippen LogP contribution >= 0.6 is 15.9 Å². The lowest BCUT2D eigenvalue weighted by molar-refractivity contribution is 0.0874. The van der Waals surface area contributed by atoms with Crippen molar-refractivity contribution < 1.29 is 9.90 Å². The van der Waals surface area contributed by atoms with E-state index in [1.54, 1.807) is 25.1 Å². The smallest absolute Gasteiger partial charge is 0.251 e. The number of aromatic hydroxyl groups is 1. The molecule has 110 valence electrons. The Hall–Kier alpha value is -1.03. The van der Waals surface area contributed by atoms with Crippen molar-refractivity contribution in [3.63, 3.8) is 0 Å². The molecule has 1 aromatic carbocycles. The van der Waals surface area contributed by atoms with Gasteiger partial charge in [0.1, 0.15) is 5.75 Å². The number of phenols is 1. The lowest BCUT2D eigenvalue weighted by Crippen LogP contribution is -2.52. The molecule has 3 nitrogen and oxygen atoms in total. The molecule has 0 unspecified atom stereocenters. The summed E-state index contributed by atoms with van der Waals surface area (Å²) >= 11 is 3.56. The third kappa shape index (κ3) is 3.35. The van der Waals surface area contributed by atoms with Gasteiger partial charge < -0.3 is 10.4 Å². The van der Waals surface area contributed by atoms with Gasteiger partial charge in [-0.25, -0.2) is 0 Å². The minimum atomic E-state index is -0.130. The van der Waals surface area contributed by atoms with E-state index in [0.717, 1.165) is 42.5 Å². The largest absolute Gasteiger partial charge is 0.508 e. The highest BCUT2D eigenvalue weighted by atomic mass is 79.9. The zero-order chi connectivity index (χ0) is 14.8. The fraction of sp³-hybridized carbons (Fsp3) is 0.562. The number of alkyl halides is 1. The Bertz CT molecular complexity index is 493. The van der Waals surface area contributed by atoms with Crippen LogP contribution in [0.1, 0.15) is 48.5 Å². The molecule has 2 rings (SSSR count). The Morgan fingerprint density at radius 2 is 2.10 bits per heavy atom. The van der Waals surface area contributed by atoms with E-state index in [9.17, 15) is 9.90 Å². The van der Waals surface area contributed by atoms with E-state index in [0.29, 0.717) is 5.56 Å². The quantitative estimate of drug-likeness (QED) is 0.823. The molecule has 1 saturated carbocycles. The first-order valence-electron chi connectivity index (χ1n) is 7.14. The molecule has 1 aromatic rings. The Balaban J connectivity index is 2.11. The van der Waals surface area contributed by atoms with E-state index in [2.05, 4.69) is 28.2 Å². The first-order chi connectivity index (χ1) is 9.46. The van der Waals surface area contributed by atoms with Gasteiger partial charge in [-0.15, -0.1) is 0 Å². The van der Waals surface area contributed by atoms with Crippen LogP contribution in [0.4, 0.5) is 0 Å². The van der Waals surface area contributed by atoms with E-state index in [1.165, 1.54) is 0 Å². The van der Waals surface area contributed by atoms with Gasteiger partial charge >= 0.3 is 0 Å². The second-order valence-electron chi connectivity index (χ2n) is 6.05. The monoisotopic (exact) mass is 339 g/mol. The number of hydrogen-bond acceptors (Lipinski definition) is 2. The van der Waals surface area contributed by atoms with Gasteiger partial charge in [-0.1, -0.05) is 22.9 Å². The molecular formula is C16H22BrNO2. The Morgan fingerprint density at radius 1 is 1.45 bits per heavy atom. The molecule has 2 N–H and O–H groups in total. The predicted octanol–water partition coefficient (Wildman–Crippen LogP) is 3.77. The summed E-state index contributed by atoms with van der Waals surface area (Å²) in [5.74, 6) is 0.917. The molecule has 4 heteroatoms. The van der Waals surface area contributed by atoms with Crippen molar-refractivity contribution in [3.05, 3.63) is 29.3 Å². The summed E-state index contributed by atoms with van der Waals surface area (Å²) in [6.07, 6.45) is 4.34. The fourth-order valence-electron chi connectivity index (χ4n) is 2.72. The molecule has 0 aromatic heterocycles. The standard InChI is InChI=1S/C16H22BrNO2/c1-11-5-7-16(10-17,8-6-11)18-15(20)13-3-4-14(19)12(2)9-13/h3-4,9,11,19H,5-8,10H2,1-2H3,(H,18,20). The summed E-state index contributed by atoms with van der Waals surface area (Å²) < 4.78 is 0. The molecular weight excluding hydrogens is 318 g/mol. The van der Waals surface area contributed by atoms with Crippen LogP contribution in [-0.2, 0) is 0 Å². The van der Waals surface area contributed by atoms with Crippen molar-refractivity contribution in [2.75, 3.05) is 5.33 Å². The summed E-state index contributed by atoms with van der Waals surface area (Å²) in [4.78, 5) is 12.4. The number of phenolic OH excluding ortho intramolecular Hbond substituents is 1. The maximum Gasteiger partial charge on any atom is 0.251 e. The molecule has 0 saturated heterocycles. The van der Waals surface area contributed by atoms with Crippen molar-refractivity contribution in [1.29, 1.82) is 0 Å². The number of aryl methyl sites for hydroxylation is 1. The summed E-state index contributed by atoms with van der Waals surface area (Å²) in [5.41, 5.74) is 1.21. The van der Waals surface area contributed by atoms with Crippen LogP contribution in [0.5, 0.6) is 5.75 Å². The lowest BCUT2D eigenvalue weighted by atomic mass is 9.78. The first kappa shape index (κ1) is 15.4. The number of benzene rings is 1. The van der Waals surface area contributed by atoms with Crippen LogP contribution in [0.3, 0.4) is 0 Å². The third-order valence-electron chi connectivity index (χ3n) is 4.32. The van der Waals surface area contributed by atoms with Crippen LogP contribution < -0.4 is 5.32 Å². The van der Waals surface area contributed by atoms with E-state index in [-0.39, 0.29) is 17.2 Å². The molecule has 1 amide bonds. The molecule has 0 atom stereocenters. The minimum Gasteiger partial charge on any atom is -0.508 e. The average Bonchev–Trinajstić information content (AvgIpc) is 2.44. The van der Waals surface area contributed by atoms with Crippen molar-refractivity contribution >= 4 is 21.8 Å². The van der Waals surface area contributed by atoms with Crippen molar-refractivity contribution in [1.82, 2.24) is 5.32 Å². The van der Waals surface area contributed by atoms with Crippen LogP contribution in [0.15, 0.2) is 18.2 Å². The van der Waals surface area contributed by atoms with Gasteiger partial charge in [0.25, 0.3) is 5.91 Å². The van der Waals surface area contributed by atoms with E-state index < -0.39 is 0 Å². The minimum absolute atomic E-state index is 0.0536. The molecule has 0 bridgehead atoms. The van der Waals surface area contributed by atoms with E-state index in [1.807, 2.05) is 0 Å². The molecule has 1 fully saturated rings. The van der Waals surface area contributed by atoms with Gasteiger partial charge in [-0.05, 0) is 62.3 Å². The first-order valence-corrected chi connectivity index (χ1v) is 8.26. The lowest BCUT2D eigenvalue weighted by Gasteiger charge is -2.39. The zero-order valence-electron chi connectivity index (χ0n) is 12.1. The highest BCUT2D eigenvalue weighted by Crippen LogP contribution is 2.33. The predicted molar refractivity (Wildman–Crippen MR) is 84.5 cm³/mol. The Morgan fingerprint density at radius 3 is 2.65 bits per heavy atom. The third-order valence-corrected chi connectivity index (χ3v) is 5.40. The molecule has 1 aliphatic rings. The Kier molecular flexibility index (Phi) is 4.74. The van der Waals surface area contributed by atoms with Crippen LogP contribution in [0.25, 0.3) is 0 Å². The van der Waals surface area contributed by atoms with Gasteiger partial charge in [0.05, 0.1) is 5.54 Å². The maximum atomic E-state index is 12.4.